The fraction of sp³-hybridized carbons (Fsp3) is 1.00. The highest BCUT2D eigenvalue weighted by Crippen LogP contribution is 2.37. The zero-order valence-electron chi connectivity index (χ0n) is 14.2. The van der Waals surface area contributed by atoms with Crippen LogP contribution < -0.4 is 0 Å². The Kier molecular flexibility index (Phi) is 8.98. The van der Waals surface area contributed by atoms with Crippen molar-refractivity contribution in [3.8, 4) is 0 Å². The van der Waals surface area contributed by atoms with Crippen molar-refractivity contribution in [1.29, 1.82) is 0 Å². The molecule has 118 valence electrons. The molecule has 0 aromatic heterocycles. The zero-order chi connectivity index (χ0) is 13.7. The highest BCUT2D eigenvalue weighted by Gasteiger charge is 2.28. The molecule has 2 fully saturated rings. The SMILES string of the molecule is CC1CCC(C)C(C)C1C.CC1CCC(C)CC1.O.[HH]. The fourth-order valence-electron chi connectivity index (χ4n) is 3.51. The van der Waals surface area contributed by atoms with Crippen molar-refractivity contribution in [2.75, 3.05) is 0 Å². The van der Waals surface area contributed by atoms with Crippen LogP contribution >= 0.6 is 0 Å². The van der Waals surface area contributed by atoms with Crippen molar-refractivity contribution in [1.82, 2.24) is 0 Å². The molecule has 0 bridgehead atoms. The van der Waals surface area contributed by atoms with Gasteiger partial charge in [0.25, 0.3) is 0 Å². The lowest BCUT2D eigenvalue weighted by atomic mass is 9.69. The van der Waals surface area contributed by atoms with Crippen molar-refractivity contribution in [3.05, 3.63) is 0 Å². The Balaban J connectivity index is 0. The zero-order valence-corrected chi connectivity index (χ0v) is 14.2. The van der Waals surface area contributed by atoms with Gasteiger partial charge in [-0.1, -0.05) is 80.1 Å². The van der Waals surface area contributed by atoms with E-state index in [1.54, 1.807) is 0 Å². The number of hydrogen-bond donors (Lipinski definition) is 0. The molecular formula is C18H40O. The summed E-state index contributed by atoms with van der Waals surface area (Å²) in [5.41, 5.74) is 0. The van der Waals surface area contributed by atoms with E-state index in [2.05, 4.69) is 41.5 Å². The van der Waals surface area contributed by atoms with Gasteiger partial charge >= 0.3 is 0 Å². The largest absolute Gasteiger partial charge is 0.412 e. The maximum atomic E-state index is 2.41. The molecule has 1 nitrogen and oxygen atoms in total. The van der Waals surface area contributed by atoms with Gasteiger partial charge in [0.05, 0.1) is 0 Å². The second-order valence-corrected chi connectivity index (χ2v) is 7.62. The summed E-state index contributed by atoms with van der Waals surface area (Å²) in [7, 11) is 0. The topological polar surface area (TPSA) is 31.5 Å². The molecule has 2 aliphatic carbocycles. The first kappa shape index (κ1) is 19.0. The average Bonchev–Trinajstić information content (AvgIpc) is 2.36. The Bertz CT molecular complexity index is 199. The van der Waals surface area contributed by atoms with Gasteiger partial charge in [0, 0.05) is 1.43 Å². The third kappa shape index (κ3) is 6.29. The Morgan fingerprint density at radius 1 is 0.526 bits per heavy atom. The summed E-state index contributed by atoms with van der Waals surface area (Å²) in [4.78, 5) is 0. The lowest BCUT2D eigenvalue weighted by Gasteiger charge is -2.36. The van der Waals surface area contributed by atoms with Gasteiger partial charge in [-0.15, -0.1) is 0 Å². The van der Waals surface area contributed by atoms with Crippen molar-refractivity contribution < 1.29 is 6.90 Å². The average molecular weight is 273 g/mol. The van der Waals surface area contributed by atoms with Crippen molar-refractivity contribution >= 4 is 0 Å². The summed E-state index contributed by atoms with van der Waals surface area (Å²) < 4.78 is 0. The van der Waals surface area contributed by atoms with Crippen LogP contribution in [0.15, 0.2) is 0 Å². The summed E-state index contributed by atoms with van der Waals surface area (Å²) in [6, 6.07) is 0. The standard InChI is InChI=1S/C10H20.C8H16.H2O.H2/c1-7-5-6-8(2)10(4)9(7)3;1-7-3-5-8(2)6-4-7;;/h7-10H,5-6H2,1-4H3;7-8H,3-6H2,1-2H3;1H2;1H. The number of rotatable bonds is 0. The molecule has 2 saturated carbocycles. The molecule has 19 heavy (non-hydrogen) atoms. The first-order chi connectivity index (χ1) is 8.41. The van der Waals surface area contributed by atoms with Gasteiger partial charge in [0.2, 0.25) is 0 Å². The van der Waals surface area contributed by atoms with Crippen LogP contribution in [0.2, 0.25) is 0 Å². The molecule has 2 rings (SSSR count). The lowest BCUT2D eigenvalue weighted by molar-refractivity contribution is 0.137. The Hall–Kier alpha value is -0.0400. The Morgan fingerprint density at radius 3 is 1.05 bits per heavy atom. The highest BCUT2D eigenvalue weighted by molar-refractivity contribution is 4.78. The minimum Gasteiger partial charge on any atom is -0.412 e. The molecule has 4 atom stereocenters. The minimum atomic E-state index is 0. The van der Waals surface area contributed by atoms with Crippen LogP contribution in [0.1, 0.15) is 81.5 Å². The summed E-state index contributed by atoms with van der Waals surface area (Å²) in [6.45, 7) is 14.3. The third-order valence-corrected chi connectivity index (χ3v) is 6.01. The molecular weight excluding hydrogens is 232 g/mol. The highest BCUT2D eigenvalue weighted by atomic mass is 16.0. The van der Waals surface area contributed by atoms with Crippen LogP contribution in [0.5, 0.6) is 0 Å². The third-order valence-electron chi connectivity index (χ3n) is 6.01. The molecule has 0 radical (unpaired) electrons. The van der Waals surface area contributed by atoms with Crippen molar-refractivity contribution in [2.45, 2.75) is 80.1 Å². The van der Waals surface area contributed by atoms with Gasteiger partial charge in [0.1, 0.15) is 0 Å². The van der Waals surface area contributed by atoms with E-state index in [9.17, 15) is 0 Å². The van der Waals surface area contributed by atoms with Gasteiger partial charge in [-0.2, -0.15) is 0 Å². The molecule has 0 aromatic rings. The van der Waals surface area contributed by atoms with Gasteiger partial charge in [-0.3, -0.25) is 0 Å². The fourth-order valence-corrected chi connectivity index (χ4v) is 3.51. The van der Waals surface area contributed by atoms with E-state index < -0.39 is 0 Å². The molecule has 0 amide bonds. The molecule has 0 aliphatic heterocycles. The van der Waals surface area contributed by atoms with Crippen molar-refractivity contribution in [2.24, 2.45) is 35.5 Å². The molecule has 0 aromatic carbocycles. The monoisotopic (exact) mass is 272 g/mol. The smallest absolute Gasteiger partial charge is 0 e. The normalized spacial score (nSPS) is 42.6. The van der Waals surface area contributed by atoms with E-state index in [0.717, 1.165) is 35.5 Å². The van der Waals surface area contributed by atoms with E-state index in [1.807, 2.05) is 0 Å². The van der Waals surface area contributed by atoms with Gasteiger partial charge < -0.3 is 5.48 Å². The van der Waals surface area contributed by atoms with Crippen LogP contribution in [0, 0.1) is 35.5 Å². The summed E-state index contributed by atoms with van der Waals surface area (Å²) in [5, 5.41) is 0. The summed E-state index contributed by atoms with van der Waals surface area (Å²) in [5.74, 6) is 5.86. The van der Waals surface area contributed by atoms with Crippen molar-refractivity contribution in [3.63, 3.8) is 0 Å². The Labute approximate surface area is 123 Å². The van der Waals surface area contributed by atoms with E-state index in [0.29, 0.717) is 0 Å². The first-order valence-corrected chi connectivity index (χ1v) is 8.41. The van der Waals surface area contributed by atoms with Crippen LogP contribution in [0.3, 0.4) is 0 Å². The van der Waals surface area contributed by atoms with Gasteiger partial charge in [-0.05, 0) is 35.5 Å². The van der Waals surface area contributed by atoms with E-state index >= 15 is 0 Å². The predicted molar refractivity (Wildman–Crippen MR) is 88.4 cm³/mol. The van der Waals surface area contributed by atoms with Gasteiger partial charge in [-0.25, -0.2) is 0 Å². The predicted octanol–water partition coefficient (Wildman–Crippen LogP) is 5.58. The van der Waals surface area contributed by atoms with Gasteiger partial charge in [0.15, 0.2) is 0 Å². The lowest BCUT2D eigenvalue weighted by Crippen LogP contribution is -2.27. The maximum absolute atomic E-state index is 2.41. The second kappa shape index (κ2) is 9.00. The molecule has 2 N–H and O–H groups in total. The molecule has 0 spiro atoms. The number of hydrogen-bond acceptors (Lipinski definition) is 0. The second-order valence-electron chi connectivity index (χ2n) is 7.62. The van der Waals surface area contributed by atoms with Crippen LogP contribution in [0.25, 0.3) is 0 Å². The molecule has 1 heteroatoms. The van der Waals surface area contributed by atoms with Crippen LogP contribution in [-0.2, 0) is 0 Å². The summed E-state index contributed by atoms with van der Waals surface area (Å²) in [6.07, 6.45) is 8.80. The van der Waals surface area contributed by atoms with E-state index in [4.69, 9.17) is 0 Å². The molecule has 4 unspecified atom stereocenters. The Morgan fingerprint density at radius 2 is 0.789 bits per heavy atom. The molecule has 2 aliphatic rings. The van der Waals surface area contributed by atoms with E-state index in [1.165, 1.54) is 38.5 Å². The molecule has 0 heterocycles. The quantitative estimate of drug-likeness (QED) is 0.551. The maximum Gasteiger partial charge on any atom is 0 e. The molecule has 0 saturated heterocycles. The summed E-state index contributed by atoms with van der Waals surface area (Å²) >= 11 is 0. The minimum absolute atomic E-state index is 0. The van der Waals surface area contributed by atoms with Crippen LogP contribution in [0.4, 0.5) is 0 Å². The first-order valence-electron chi connectivity index (χ1n) is 8.41. The van der Waals surface area contributed by atoms with Crippen LogP contribution in [-0.4, -0.2) is 5.48 Å². The van der Waals surface area contributed by atoms with E-state index in [-0.39, 0.29) is 6.90 Å².